The molecule has 3 aromatic heterocycles. The molecule has 3 nitrogen and oxygen atoms in total. The molecule has 0 amide bonds. The second-order valence-corrected chi connectivity index (χ2v) is 12.8. The smallest absolute Gasteiger partial charge is 0.163 e. The summed E-state index contributed by atoms with van der Waals surface area (Å²) in [6.07, 6.45) is 7.78. The molecule has 0 aliphatic carbocycles. The number of allylic oxidation sites excluding steroid dienone is 2. The monoisotopic (exact) mass is 602 g/mol. The Hall–Kier alpha value is -5.93. The highest BCUT2D eigenvalue weighted by Crippen LogP contribution is 2.51. The van der Waals surface area contributed by atoms with E-state index in [1.165, 1.54) is 78.4 Å². The molecular formula is C44H32N3+3. The SMILES string of the molecule is Cc1cc(-c2ccccc2)c[n+]2c1-c1ccccc1/C(=C1\Cc3ccccc3-c3cccc[n+]31)C21c2ccccc2-c2cccc[n+]21. The third kappa shape index (κ3) is 3.49. The van der Waals surface area contributed by atoms with Crippen molar-refractivity contribution in [1.82, 2.24) is 0 Å². The van der Waals surface area contributed by atoms with Crippen molar-refractivity contribution in [3.05, 3.63) is 186 Å². The maximum Gasteiger partial charge on any atom is 0.423 e. The van der Waals surface area contributed by atoms with Crippen molar-refractivity contribution >= 4 is 11.3 Å². The number of aryl methyl sites for hydroxylation is 1. The van der Waals surface area contributed by atoms with Gasteiger partial charge < -0.3 is 0 Å². The molecule has 1 atom stereocenters. The van der Waals surface area contributed by atoms with E-state index in [4.69, 9.17) is 0 Å². The number of pyridine rings is 3. The summed E-state index contributed by atoms with van der Waals surface area (Å²) < 4.78 is 7.60. The first kappa shape index (κ1) is 26.3. The minimum atomic E-state index is -0.686. The van der Waals surface area contributed by atoms with Crippen molar-refractivity contribution in [3.63, 3.8) is 0 Å². The first-order chi connectivity index (χ1) is 23.2. The van der Waals surface area contributed by atoms with Gasteiger partial charge in [-0.3, -0.25) is 0 Å². The van der Waals surface area contributed by atoms with Crippen LogP contribution in [-0.2, 0) is 12.1 Å². The van der Waals surface area contributed by atoms with Gasteiger partial charge in [-0.25, -0.2) is 0 Å². The van der Waals surface area contributed by atoms with Crippen molar-refractivity contribution < 1.29 is 13.7 Å². The van der Waals surface area contributed by atoms with Crippen molar-refractivity contribution in [2.24, 2.45) is 0 Å². The summed E-state index contributed by atoms with van der Waals surface area (Å²) in [4.78, 5) is 0. The highest BCUT2D eigenvalue weighted by molar-refractivity contribution is 5.96. The summed E-state index contributed by atoms with van der Waals surface area (Å²) in [7, 11) is 0. The molecule has 6 heterocycles. The summed E-state index contributed by atoms with van der Waals surface area (Å²) in [5.74, 6) is 0. The van der Waals surface area contributed by atoms with Crippen LogP contribution in [0.5, 0.6) is 0 Å². The fourth-order valence-corrected chi connectivity index (χ4v) is 8.57. The quantitative estimate of drug-likeness (QED) is 0.169. The normalized spacial score (nSPS) is 18.1. The Balaban J connectivity index is 1.44. The van der Waals surface area contributed by atoms with Gasteiger partial charge in [0.1, 0.15) is 5.56 Å². The molecule has 3 aliphatic rings. The Morgan fingerprint density at radius 2 is 1.19 bits per heavy atom. The van der Waals surface area contributed by atoms with Crippen molar-refractivity contribution in [2.45, 2.75) is 19.0 Å². The molecule has 0 N–H and O–H groups in total. The molecule has 10 rings (SSSR count). The molecule has 7 aromatic rings. The third-order valence-electron chi connectivity index (χ3n) is 10.4. The van der Waals surface area contributed by atoms with Crippen LogP contribution in [0.3, 0.4) is 0 Å². The molecule has 3 heteroatoms. The standard InChI is InChI=1S/C44H32N3/c1-30-27-33(31-15-3-2-4-16-31)29-47-43(30)36-20-8-7-19-35(36)42(41-28-32-17-5-6-18-34(32)39-23-11-13-25-45(39)41)44(47)38-22-10-9-21-37(38)40-24-12-14-26-46(40)44/h2-27,29H,28H2,1H3/q+3/b42-41-. The first-order valence-electron chi connectivity index (χ1n) is 16.4. The average Bonchev–Trinajstić information content (AvgIpc) is 3.42. The van der Waals surface area contributed by atoms with Crippen LogP contribution in [0.15, 0.2) is 164 Å². The second kappa shape index (κ2) is 9.78. The lowest BCUT2D eigenvalue weighted by atomic mass is 9.76. The van der Waals surface area contributed by atoms with Crippen molar-refractivity contribution in [1.29, 1.82) is 0 Å². The van der Waals surface area contributed by atoms with E-state index in [2.05, 4.69) is 185 Å². The lowest BCUT2D eigenvalue weighted by Gasteiger charge is -2.32. The molecule has 0 saturated heterocycles. The zero-order chi connectivity index (χ0) is 31.1. The van der Waals surface area contributed by atoms with Gasteiger partial charge in [0.05, 0.1) is 23.1 Å². The highest BCUT2D eigenvalue weighted by atomic mass is 15.3. The molecule has 220 valence electrons. The van der Waals surface area contributed by atoms with Gasteiger partial charge in [-0.2, -0.15) is 4.57 Å². The molecule has 1 spiro atoms. The van der Waals surface area contributed by atoms with E-state index < -0.39 is 5.66 Å². The molecular weight excluding hydrogens is 571 g/mol. The molecule has 0 radical (unpaired) electrons. The number of nitrogens with zero attached hydrogens (tertiary/aromatic N) is 3. The number of hydrogen-bond acceptors (Lipinski definition) is 0. The number of fused-ring (bicyclic) bond motifs is 12. The van der Waals surface area contributed by atoms with Crippen LogP contribution >= 0.6 is 0 Å². The van der Waals surface area contributed by atoms with Gasteiger partial charge in [0, 0.05) is 41.0 Å². The van der Waals surface area contributed by atoms with Crippen LogP contribution < -0.4 is 13.7 Å². The van der Waals surface area contributed by atoms with E-state index in [-0.39, 0.29) is 0 Å². The van der Waals surface area contributed by atoms with Gasteiger partial charge in [-0.1, -0.05) is 78.9 Å². The third-order valence-corrected chi connectivity index (χ3v) is 10.4. The maximum absolute atomic E-state index is 2.61. The molecule has 0 fully saturated rings. The number of benzene rings is 4. The minimum Gasteiger partial charge on any atom is -0.163 e. The fourth-order valence-electron chi connectivity index (χ4n) is 8.57. The molecule has 47 heavy (non-hydrogen) atoms. The molecule has 0 saturated carbocycles. The predicted octanol–water partition coefficient (Wildman–Crippen LogP) is 8.03. The highest BCUT2D eigenvalue weighted by Gasteiger charge is 2.68. The first-order valence-corrected chi connectivity index (χ1v) is 16.4. The van der Waals surface area contributed by atoms with Crippen molar-refractivity contribution in [3.8, 4) is 44.9 Å². The topological polar surface area (TPSA) is 11.6 Å². The Labute approximate surface area is 274 Å². The Morgan fingerprint density at radius 1 is 0.532 bits per heavy atom. The lowest BCUT2D eigenvalue weighted by molar-refractivity contribution is -0.953. The predicted molar refractivity (Wildman–Crippen MR) is 186 cm³/mol. The summed E-state index contributed by atoms with van der Waals surface area (Å²) in [6, 6.07) is 53.4. The van der Waals surface area contributed by atoms with E-state index in [1.54, 1.807) is 0 Å². The number of hydrogen-bond donors (Lipinski definition) is 0. The minimum absolute atomic E-state index is 0.686. The molecule has 4 aromatic carbocycles. The van der Waals surface area contributed by atoms with Crippen LogP contribution in [0.2, 0.25) is 0 Å². The van der Waals surface area contributed by atoms with Gasteiger partial charge in [0.2, 0.25) is 22.8 Å². The lowest BCUT2D eigenvalue weighted by Crippen LogP contribution is -2.75. The Morgan fingerprint density at radius 3 is 2.04 bits per heavy atom. The van der Waals surface area contributed by atoms with Gasteiger partial charge >= 0.3 is 5.66 Å². The number of rotatable bonds is 1. The van der Waals surface area contributed by atoms with Gasteiger partial charge in [-0.15, -0.1) is 9.13 Å². The van der Waals surface area contributed by atoms with Crippen LogP contribution in [0.4, 0.5) is 0 Å². The maximum atomic E-state index is 2.61. The van der Waals surface area contributed by atoms with E-state index in [1.807, 2.05) is 0 Å². The zero-order valence-electron chi connectivity index (χ0n) is 26.1. The summed E-state index contributed by atoms with van der Waals surface area (Å²) in [6.45, 7) is 2.28. The fraction of sp³-hybridized carbons (Fsp3) is 0.0682. The molecule has 1 unspecified atom stereocenters. The Bertz CT molecular complexity index is 2410. The largest absolute Gasteiger partial charge is 0.423 e. The van der Waals surface area contributed by atoms with E-state index in [9.17, 15) is 0 Å². The van der Waals surface area contributed by atoms with Gasteiger partial charge in [-0.05, 0) is 60.5 Å². The van der Waals surface area contributed by atoms with E-state index in [0.29, 0.717) is 0 Å². The van der Waals surface area contributed by atoms with Crippen molar-refractivity contribution in [2.75, 3.05) is 0 Å². The molecule has 0 bridgehead atoms. The van der Waals surface area contributed by atoms with Crippen LogP contribution in [0, 0.1) is 6.92 Å². The van der Waals surface area contributed by atoms with Crippen LogP contribution in [-0.4, -0.2) is 0 Å². The average molecular weight is 603 g/mol. The molecule has 3 aliphatic heterocycles. The Kier molecular flexibility index (Phi) is 5.48. The van der Waals surface area contributed by atoms with E-state index in [0.717, 1.165) is 6.42 Å². The van der Waals surface area contributed by atoms with Crippen LogP contribution in [0.1, 0.15) is 22.3 Å². The number of aromatic nitrogens is 3. The summed E-state index contributed by atoms with van der Waals surface area (Å²) in [5.41, 5.74) is 17.0. The van der Waals surface area contributed by atoms with Gasteiger partial charge in [0.15, 0.2) is 24.2 Å². The van der Waals surface area contributed by atoms with Gasteiger partial charge in [0.25, 0.3) is 0 Å². The van der Waals surface area contributed by atoms with E-state index >= 15 is 0 Å². The summed E-state index contributed by atoms with van der Waals surface area (Å²) in [5, 5.41) is 0. The van der Waals surface area contributed by atoms with Crippen LogP contribution in [0.25, 0.3) is 56.2 Å². The second-order valence-electron chi connectivity index (χ2n) is 12.8. The summed E-state index contributed by atoms with van der Waals surface area (Å²) >= 11 is 0. The zero-order valence-corrected chi connectivity index (χ0v) is 26.1.